The Morgan fingerprint density at radius 1 is 1.03 bits per heavy atom. The van der Waals surface area contributed by atoms with Crippen molar-refractivity contribution in [1.82, 2.24) is 10.2 Å². The Bertz CT molecular complexity index is 1090. The van der Waals surface area contributed by atoms with E-state index < -0.39 is 0 Å². The Morgan fingerprint density at radius 2 is 1.78 bits per heavy atom. The lowest BCUT2D eigenvalue weighted by Gasteiger charge is -2.38. The van der Waals surface area contributed by atoms with Gasteiger partial charge in [-0.1, -0.05) is 30.3 Å². The van der Waals surface area contributed by atoms with Crippen LogP contribution >= 0.6 is 0 Å². The molecule has 1 atom stereocenters. The van der Waals surface area contributed by atoms with Crippen LogP contribution in [-0.4, -0.2) is 38.1 Å². The molecule has 0 saturated carbocycles. The van der Waals surface area contributed by atoms with Crippen molar-refractivity contribution in [3.8, 4) is 11.5 Å². The first kappa shape index (κ1) is 21.8. The third-order valence-electron chi connectivity index (χ3n) is 5.88. The summed E-state index contributed by atoms with van der Waals surface area (Å²) in [5.74, 6) is 0.972. The van der Waals surface area contributed by atoms with Crippen molar-refractivity contribution in [1.29, 1.82) is 0 Å². The highest BCUT2D eigenvalue weighted by Crippen LogP contribution is 2.38. The summed E-state index contributed by atoms with van der Waals surface area (Å²) in [7, 11) is 3.24. The molecule has 5 nitrogen and oxygen atoms in total. The molecular formula is C26H27FN2O3. The topological polar surface area (TPSA) is 50.8 Å². The molecule has 0 unspecified atom stereocenters. The lowest BCUT2D eigenvalue weighted by Crippen LogP contribution is -2.41. The highest BCUT2D eigenvalue weighted by Gasteiger charge is 2.29. The summed E-state index contributed by atoms with van der Waals surface area (Å²) in [6.07, 6.45) is 0.828. The van der Waals surface area contributed by atoms with E-state index in [2.05, 4.69) is 10.2 Å². The smallest absolute Gasteiger partial charge is 0.251 e. The van der Waals surface area contributed by atoms with E-state index in [0.29, 0.717) is 30.2 Å². The van der Waals surface area contributed by atoms with Gasteiger partial charge in [-0.15, -0.1) is 0 Å². The molecule has 4 rings (SSSR count). The summed E-state index contributed by atoms with van der Waals surface area (Å²) in [5, 5.41) is 3.08. The van der Waals surface area contributed by atoms with Crippen LogP contribution in [-0.2, 0) is 13.0 Å². The van der Waals surface area contributed by atoms with Gasteiger partial charge in [-0.2, -0.15) is 0 Å². The van der Waals surface area contributed by atoms with Crippen LogP contribution in [0.2, 0.25) is 0 Å². The molecule has 0 aromatic heterocycles. The number of ether oxygens (including phenoxy) is 2. The zero-order chi connectivity index (χ0) is 22.5. The number of carbonyl (C=O) groups is 1. The van der Waals surface area contributed by atoms with Crippen LogP contribution in [0, 0.1) is 5.82 Å². The normalized spacial score (nSPS) is 15.7. The first-order valence-corrected chi connectivity index (χ1v) is 10.7. The molecule has 3 aromatic rings. The van der Waals surface area contributed by atoms with Crippen LogP contribution in [0.4, 0.5) is 4.39 Å². The molecule has 1 aliphatic rings. The number of amides is 1. The van der Waals surface area contributed by atoms with E-state index in [1.54, 1.807) is 38.5 Å². The lowest BCUT2D eigenvalue weighted by atomic mass is 9.91. The number of nitrogens with zero attached hydrogens (tertiary/aromatic N) is 1. The fourth-order valence-electron chi connectivity index (χ4n) is 4.26. The average Bonchev–Trinajstić information content (AvgIpc) is 2.82. The van der Waals surface area contributed by atoms with Crippen molar-refractivity contribution in [2.45, 2.75) is 19.0 Å². The van der Waals surface area contributed by atoms with Crippen molar-refractivity contribution in [2.75, 3.05) is 27.3 Å². The molecule has 0 bridgehead atoms. The van der Waals surface area contributed by atoms with Gasteiger partial charge in [-0.25, -0.2) is 4.39 Å². The summed E-state index contributed by atoms with van der Waals surface area (Å²) in [6, 6.07) is 19.7. The van der Waals surface area contributed by atoms with Gasteiger partial charge in [0.25, 0.3) is 5.91 Å². The SMILES string of the molecule is COc1cc2c(cc1OC)[C@@H](CNC(=O)c1ccccc1)N(Cc1cccc(F)c1)CC2. The number of benzene rings is 3. The maximum absolute atomic E-state index is 13.8. The number of rotatable bonds is 7. The molecular weight excluding hydrogens is 407 g/mol. The molecule has 0 spiro atoms. The second-order valence-corrected chi connectivity index (χ2v) is 7.85. The number of carbonyl (C=O) groups excluding carboxylic acids is 1. The van der Waals surface area contributed by atoms with Crippen molar-refractivity contribution >= 4 is 5.91 Å². The van der Waals surface area contributed by atoms with Gasteiger partial charge in [-0.3, -0.25) is 9.69 Å². The van der Waals surface area contributed by atoms with Crippen molar-refractivity contribution in [2.24, 2.45) is 0 Å². The molecule has 0 fully saturated rings. The van der Waals surface area contributed by atoms with Gasteiger partial charge in [0.05, 0.1) is 20.3 Å². The van der Waals surface area contributed by atoms with E-state index >= 15 is 0 Å². The Kier molecular flexibility index (Phi) is 6.71. The Morgan fingerprint density at radius 3 is 2.50 bits per heavy atom. The van der Waals surface area contributed by atoms with E-state index in [-0.39, 0.29) is 17.8 Å². The molecule has 0 aliphatic carbocycles. The Hall–Kier alpha value is -3.38. The predicted octanol–water partition coefficient (Wildman–Crippen LogP) is 4.37. The van der Waals surface area contributed by atoms with Crippen LogP contribution in [0.25, 0.3) is 0 Å². The van der Waals surface area contributed by atoms with Crippen LogP contribution in [0.5, 0.6) is 11.5 Å². The maximum atomic E-state index is 13.8. The van der Waals surface area contributed by atoms with Crippen molar-refractivity contribution in [3.05, 3.63) is 94.8 Å². The van der Waals surface area contributed by atoms with Crippen molar-refractivity contribution in [3.63, 3.8) is 0 Å². The van der Waals surface area contributed by atoms with E-state index in [1.165, 1.54) is 6.07 Å². The molecule has 0 saturated heterocycles. The number of nitrogens with one attached hydrogen (secondary N) is 1. The van der Waals surface area contributed by atoms with E-state index in [0.717, 1.165) is 29.7 Å². The van der Waals surface area contributed by atoms with E-state index in [9.17, 15) is 9.18 Å². The largest absolute Gasteiger partial charge is 0.493 e. The number of hydrogen-bond acceptors (Lipinski definition) is 4. The predicted molar refractivity (Wildman–Crippen MR) is 122 cm³/mol. The van der Waals surface area contributed by atoms with Gasteiger partial charge in [0.1, 0.15) is 5.82 Å². The second-order valence-electron chi connectivity index (χ2n) is 7.85. The van der Waals surface area contributed by atoms with Gasteiger partial charge < -0.3 is 14.8 Å². The fraction of sp³-hybridized carbons (Fsp3) is 0.269. The van der Waals surface area contributed by atoms with E-state index in [4.69, 9.17) is 9.47 Å². The Labute approximate surface area is 187 Å². The first-order chi connectivity index (χ1) is 15.6. The van der Waals surface area contributed by atoms with Gasteiger partial charge >= 0.3 is 0 Å². The highest BCUT2D eigenvalue weighted by molar-refractivity contribution is 5.94. The number of halogens is 1. The van der Waals surface area contributed by atoms with Crippen LogP contribution in [0.1, 0.15) is 33.1 Å². The molecule has 1 heterocycles. The molecule has 166 valence electrons. The Balaban J connectivity index is 1.63. The summed E-state index contributed by atoms with van der Waals surface area (Å²) in [4.78, 5) is 15.0. The second kappa shape index (κ2) is 9.83. The number of hydrogen-bond donors (Lipinski definition) is 1. The lowest BCUT2D eigenvalue weighted by molar-refractivity contribution is 0.0926. The zero-order valence-electron chi connectivity index (χ0n) is 18.3. The van der Waals surface area contributed by atoms with Crippen LogP contribution in [0.15, 0.2) is 66.7 Å². The standard InChI is InChI=1S/C26H27FN2O3/c1-31-24-14-20-11-12-29(17-18-7-6-10-21(27)13-18)23(22(20)15-25(24)32-2)16-28-26(30)19-8-4-3-5-9-19/h3-10,13-15,23H,11-12,16-17H2,1-2H3,(H,28,30)/t23-/m1/s1. The van der Waals surface area contributed by atoms with Gasteiger partial charge in [0.15, 0.2) is 11.5 Å². The summed E-state index contributed by atoms with van der Waals surface area (Å²) in [6.45, 7) is 1.79. The molecule has 6 heteroatoms. The zero-order valence-corrected chi connectivity index (χ0v) is 18.3. The van der Waals surface area contributed by atoms with Crippen LogP contribution < -0.4 is 14.8 Å². The van der Waals surface area contributed by atoms with Gasteiger partial charge in [0.2, 0.25) is 0 Å². The minimum absolute atomic E-state index is 0.0884. The third-order valence-corrected chi connectivity index (χ3v) is 5.88. The minimum Gasteiger partial charge on any atom is -0.493 e. The van der Waals surface area contributed by atoms with E-state index in [1.807, 2.05) is 36.4 Å². The molecule has 3 aromatic carbocycles. The summed E-state index contributed by atoms with van der Waals surface area (Å²) >= 11 is 0. The average molecular weight is 435 g/mol. The molecule has 1 amide bonds. The minimum atomic E-state index is -0.250. The summed E-state index contributed by atoms with van der Waals surface area (Å²) in [5.41, 5.74) is 3.76. The number of methoxy groups -OCH3 is 2. The first-order valence-electron chi connectivity index (χ1n) is 10.7. The molecule has 1 aliphatic heterocycles. The number of fused-ring (bicyclic) bond motifs is 1. The highest BCUT2D eigenvalue weighted by atomic mass is 19.1. The van der Waals surface area contributed by atoms with Crippen LogP contribution in [0.3, 0.4) is 0 Å². The molecule has 1 N–H and O–H groups in total. The maximum Gasteiger partial charge on any atom is 0.251 e. The summed E-state index contributed by atoms with van der Waals surface area (Å²) < 4.78 is 24.8. The van der Waals surface area contributed by atoms with Gasteiger partial charge in [0, 0.05) is 25.2 Å². The molecule has 0 radical (unpaired) electrons. The third kappa shape index (κ3) is 4.75. The fourth-order valence-corrected chi connectivity index (χ4v) is 4.26. The van der Waals surface area contributed by atoms with Crippen molar-refractivity contribution < 1.29 is 18.7 Å². The monoisotopic (exact) mass is 434 g/mol. The van der Waals surface area contributed by atoms with Gasteiger partial charge in [-0.05, 0) is 59.5 Å². The molecule has 32 heavy (non-hydrogen) atoms. The quantitative estimate of drug-likeness (QED) is 0.600.